The first-order valence-electron chi connectivity index (χ1n) is 5.64. The standard InChI is InChI=1S/C11H20N4/c1-14(11-3-4-11)6-5-12-7-10-8-13-15(2)9-10/h8-9,11-12H,3-7H2,1-2H3. The van der Waals surface area contributed by atoms with Gasteiger partial charge < -0.3 is 10.2 Å². The highest BCUT2D eigenvalue weighted by molar-refractivity contribution is 5.02. The van der Waals surface area contributed by atoms with E-state index in [-0.39, 0.29) is 0 Å². The summed E-state index contributed by atoms with van der Waals surface area (Å²) in [6, 6.07) is 0.866. The molecule has 2 rings (SSSR count). The van der Waals surface area contributed by atoms with Crippen molar-refractivity contribution < 1.29 is 0 Å². The molecule has 0 radical (unpaired) electrons. The minimum atomic E-state index is 0.866. The number of aromatic nitrogens is 2. The summed E-state index contributed by atoms with van der Waals surface area (Å²) >= 11 is 0. The average molecular weight is 208 g/mol. The first-order valence-corrected chi connectivity index (χ1v) is 5.64. The number of hydrogen-bond donors (Lipinski definition) is 1. The molecule has 1 aliphatic carbocycles. The van der Waals surface area contributed by atoms with Crippen molar-refractivity contribution in [2.45, 2.75) is 25.4 Å². The fraction of sp³-hybridized carbons (Fsp3) is 0.727. The van der Waals surface area contributed by atoms with E-state index < -0.39 is 0 Å². The molecule has 4 nitrogen and oxygen atoms in total. The summed E-state index contributed by atoms with van der Waals surface area (Å²) in [4.78, 5) is 2.44. The van der Waals surface area contributed by atoms with E-state index in [1.165, 1.54) is 18.4 Å². The topological polar surface area (TPSA) is 33.1 Å². The predicted octanol–water partition coefficient (Wildman–Crippen LogP) is 0.604. The van der Waals surface area contributed by atoms with Crippen LogP contribution in [0.2, 0.25) is 0 Å². The summed E-state index contributed by atoms with van der Waals surface area (Å²) < 4.78 is 1.84. The van der Waals surface area contributed by atoms with Crippen molar-refractivity contribution in [2.24, 2.45) is 7.05 Å². The van der Waals surface area contributed by atoms with Gasteiger partial charge in [0.1, 0.15) is 0 Å². The Morgan fingerprint density at radius 3 is 3.00 bits per heavy atom. The number of aryl methyl sites for hydroxylation is 1. The van der Waals surface area contributed by atoms with Gasteiger partial charge >= 0.3 is 0 Å². The largest absolute Gasteiger partial charge is 0.311 e. The molecule has 0 saturated heterocycles. The van der Waals surface area contributed by atoms with Crippen molar-refractivity contribution in [2.75, 3.05) is 20.1 Å². The van der Waals surface area contributed by atoms with Gasteiger partial charge in [-0.05, 0) is 19.9 Å². The van der Waals surface area contributed by atoms with Gasteiger partial charge in [0, 0.05) is 44.5 Å². The number of hydrogen-bond acceptors (Lipinski definition) is 3. The van der Waals surface area contributed by atoms with Crippen LogP contribution in [0.4, 0.5) is 0 Å². The number of nitrogens with one attached hydrogen (secondary N) is 1. The molecule has 0 amide bonds. The molecule has 1 fully saturated rings. The Kier molecular flexibility index (Phi) is 3.38. The van der Waals surface area contributed by atoms with Gasteiger partial charge in [0.2, 0.25) is 0 Å². The molecule has 1 aromatic heterocycles. The molecule has 1 N–H and O–H groups in total. The van der Waals surface area contributed by atoms with Crippen molar-refractivity contribution in [3.05, 3.63) is 18.0 Å². The van der Waals surface area contributed by atoms with E-state index in [0.29, 0.717) is 0 Å². The Bertz CT molecular complexity index is 303. The Morgan fingerprint density at radius 2 is 2.40 bits per heavy atom. The summed E-state index contributed by atoms with van der Waals surface area (Å²) in [6.45, 7) is 3.12. The van der Waals surface area contributed by atoms with Crippen LogP contribution in [-0.4, -0.2) is 40.9 Å². The van der Waals surface area contributed by atoms with E-state index in [1.807, 2.05) is 17.9 Å². The zero-order valence-corrected chi connectivity index (χ0v) is 9.61. The van der Waals surface area contributed by atoms with Crippen LogP contribution in [-0.2, 0) is 13.6 Å². The highest BCUT2D eigenvalue weighted by Gasteiger charge is 2.25. The van der Waals surface area contributed by atoms with Gasteiger partial charge in [-0.2, -0.15) is 5.10 Å². The van der Waals surface area contributed by atoms with Crippen LogP contribution >= 0.6 is 0 Å². The van der Waals surface area contributed by atoms with E-state index in [0.717, 1.165) is 25.7 Å². The smallest absolute Gasteiger partial charge is 0.0534 e. The first kappa shape index (κ1) is 10.6. The highest BCUT2D eigenvalue weighted by Crippen LogP contribution is 2.24. The zero-order chi connectivity index (χ0) is 10.7. The summed E-state index contributed by atoms with van der Waals surface area (Å²) in [5.74, 6) is 0. The average Bonchev–Trinajstić information content (AvgIpc) is 2.98. The lowest BCUT2D eigenvalue weighted by Crippen LogP contribution is -2.30. The van der Waals surface area contributed by atoms with Crippen molar-refractivity contribution in [1.82, 2.24) is 20.0 Å². The Balaban J connectivity index is 1.58. The van der Waals surface area contributed by atoms with Crippen LogP contribution in [0.5, 0.6) is 0 Å². The second-order valence-corrected chi connectivity index (χ2v) is 4.41. The molecule has 84 valence electrons. The van der Waals surface area contributed by atoms with Crippen molar-refractivity contribution >= 4 is 0 Å². The van der Waals surface area contributed by atoms with Crippen LogP contribution in [0.15, 0.2) is 12.4 Å². The molecule has 15 heavy (non-hydrogen) atoms. The maximum absolute atomic E-state index is 4.13. The van der Waals surface area contributed by atoms with E-state index in [2.05, 4.69) is 28.6 Å². The molecular weight excluding hydrogens is 188 g/mol. The second-order valence-electron chi connectivity index (χ2n) is 4.41. The predicted molar refractivity (Wildman–Crippen MR) is 60.6 cm³/mol. The molecule has 1 aromatic rings. The molecule has 1 heterocycles. The molecular formula is C11H20N4. The maximum Gasteiger partial charge on any atom is 0.0534 e. The highest BCUT2D eigenvalue weighted by atomic mass is 15.2. The van der Waals surface area contributed by atoms with Crippen LogP contribution in [0.1, 0.15) is 18.4 Å². The fourth-order valence-corrected chi connectivity index (χ4v) is 1.75. The number of likely N-dealkylation sites (N-methyl/N-ethyl adjacent to an activating group) is 1. The van der Waals surface area contributed by atoms with Crippen molar-refractivity contribution in [3.63, 3.8) is 0 Å². The molecule has 0 unspecified atom stereocenters. The van der Waals surface area contributed by atoms with Crippen molar-refractivity contribution in [3.8, 4) is 0 Å². The van der Waals surface area contributed by atoms with E-state index in [1.54, 1.807) is 0 Å². The molecule has 0 atom stereocenters. The van der Waals surface area contributed by atoms with E-state index in [4.69, 9.17) is 0 Å². The van der Waals surface area contributed by atoms with Gasteiger partial charge in [-0.15, -0.1) is 0 Å². The second kappa shape index (κ2) is 4.77. The SMILES string of the molecule is CN(CCNCc1cnn(C)c1)C1CC1. The Morgan fingerprint density at radius 1 is 1.60 bits per heavy atom. The third kappa shape index (κ3) is 3.32. The lowest BCUT2D eigenvalue weighted by Gasteiger charge is -2.15. The summed E-state index contributed by atoms with van der Waals surface area (Å²) in [6.07, 6.45) is 6.74. The Hall–Kier alpha value is -0.870. The maximum atomic E-state index is 4.13. The molecule has 1 saturated carbocycles. The normalized spacial score (nSPS) is 16.2. The van der Waals surface area contributed by atoms with Crippen LogP contribution in [0, 0.1) is 0 Å². The van der Waals surface area contributed by atoms with Gasteiger partial charge in [-0.1, -0.05) is 0 Å². The van der Waals surface area contributed by atoms with Crippen LogP contribution < -0.4 is 5.32 Å². The summed E-state index contributed by atoms with van der Waals surface area (Å²) in [5, 5.41) is 7.57. The molecule has 4 heteroatoms. The number of nitrogens with zero attached hydrogens (tertiary/aromatic N) is 3. The van der Waals surface area contributed by atoms with E-state index >= 15 is 0 Å². The monoisotopic (exact) mass is 208 g/mol. The Labute approximate surface area is 91.3 Å². The molecule has 0 spiro atoms. The minimum Gasteiger partial charge on any atom is -0.311 e. The lowest BCUT2D eigenvalue weighted by molar-refractivity contribution is 0.321. The lowest BCUT2D eigenvalue weighted by atomic mass is 10.3. The first-order chi connectivity index (χ1) is 7.25. The molecule has 0 bridgehead atoms. The molecule has 0 aliphatic heterocycles. The van der Waals surface area contributed by atoms with Gasteiger partial charge in [-0.3, -0.25) is 4.68 Å². The molecule has 0 aromatic carbocycles. The van der Waals surface area contributed by atoms with Crippen molar-refractivity contribution in [1.29, 1.82) is 0 Å². The number of rotatable bonds is 6. The summed E-state index contributed by atoms with van der Waals surface area (Å²) in [7, 11) is 4.16. The van der Waals surface area contributed by atoms with Crippen LogP contribution in [0.3, 0.4) is 0 Å². The zero-order valence-electron chi connectivity index (χ0n) is 9.61. The summed E-state index contributed by atoms with van der Waals surface area (Å²) in [5.41, 5.74) is 1.26. The van der Waals surface area contributed by atoms with Gasteiger partial charge in [0.05, 0.1) is 6.20 Å². The fourth-order valence-electron chi connectivity index (χ4n) is 1.75. The third-order valence-corrected chi connectivity index (χ3v) is 2.90. The minimum absolute atomic E-state index is 0.866. The molecule has 1 aliphatic rings. The van der Waals surface area contributed by atoms with Gasteiger partial charge in [0.15, 0.2) is 0 Å². The van der Waals surface area contributed by atoms with Crippen LogP contribution in [0.25, 0.3) is 0 Å². The van der Waals surface area contributed by atoms with E-state index in [9.17, 15) is 0 Å². The van der Waals surface area contributed by atoms with Gasteiger partial charge in [0.25, 0.3) is 0 Å². The third-order valence-electron chi connectivity index (χ3n) is 2.90. The quantitative estimate of drug-likeness (QED) is 0.695. The van der Waals surface area contributed by atoms with Gasteiger partial charge in [-0.25, -0.2) is 0 Å².